The molecule has 0 atom stereocenters. The van der Waals surface area contributed by atoms with Crippen LogP contribution in [0.25, 0.3) is 0 Å². The Morgan fingerprint density at radius 2 is 1.55 bits per heavy atom. The van der Waals surface area contributed by atoms with Gasteiger partial charge in [0.05, 0.1) is 0 Å². The number of rotatable bonds is 1. The number of nitrogen functional groups attached to an aromatic ring is 1. The molecule has 0 saturated carbocycles. The predicted molar refractivity (Wildman–Crippen MR) is 56.5 cm³/mol. The van der Waals surface area contributed by atoms with E-state index in [1.807, 2.05) is 12.1 Å². The highest BCUT2D eigenvalue weighted by atomic mass is 35.5. The minimum Gasteiger partial charge on any atom is -0.399 e. The second-order valence-corrected chi connectivity index (χ2v) is 4.79. The van der Waals surface area contributed by atoms with Gasteiger partial charge < -0.3 is 5.73 Å². The summed E-state index contributed by atoms with van der Waals surface area (Å²) in [5.41, 5.74) is 6.38. The van der Waals surface area contributed by atoms with Gasteiger partial charge in [-0.05, 0) is 30.8 Å². The molecule has 0 aliphatic carbocycles. The molecule has 2 N–H and O–H groups in total. The summed E-state index contributed by atoms with van der Waals surface area (Å²) in [6.45, 7) is 4.47. The van der Waals surface area contributed by atoms with E-state index in [0.717, 1.165) is 5.69 Å². The monoisotopic (exact) mass is 189 g/mol. The second kappa shape index (κ2) is 4.58. The van der Waals surface area contributed by atoms with Gasteiger partial charge >= 0.3 is 0 Å². The Bertz CT molecular complexity index is 208. The zero-order chi connectivity index (χ0) is 7.56. The van der Waals surface area contributed by atoms with Crippen LogP contribution in [0.5, 0.6) is 0 Å². The molecule has 62 valence electrons. The van der Waals surface area contributed by atoms with Crippen LogP contribution >= 0.6 is 20.3 Å². The van der Waals surface area contributed by atoms with Crippen LogP contribution < -0.4 is 11.0 Å². The molecule has 0 unspecified atom stereocenters. The van der Waals surface area contributed by atoms with Crippen LogP contribution in [-0.4, -0.2) is 13.3 Å². The van der Waals surface area contributed by atoms with Crippen LogP contribution in [0.1, 0.15) is 0 Å². The van der Waals surface area contributed by atoms with E-state index in [9.17, 15) is 0 Å². The van der Waals surface area contributed by atoms with Gasteiger partial charge in [-0.3, -0.25) is 0 Å². The molecule has 0 heterocycles. The summed E-state index contributed by atoms with van der Waals surface area (Å²) >= 11 is 0. The van der Waals surface area contributed by atoms with Gasteiger partial charge in [0.1, 0.15) is 0 Å². The van der Waals surface area contributed by atoms with Crippen molar-refractivity contribution in [2.45, 2.75) is 0 Å². The zero-order valence-electron chi connectivity index (χ0n) is 6.74. The fourth-order valence-electron chi connectivity index (χ4n) is 0.772. The molecule has 11 heavy (non-hydrogen) atoms. The molecule has 0 amide bonds. The van der Waals surface area contributed by atoms with Crippen molar-refractivity contribution in [3.05, 3.63) is 24.3 Å². The molecular formula is C8H13ClNP. The molecular weight excluding hydrogens is 177 g/mol. The van der Waals surface area contributed by atoms with Crippen LogP contribution in [0.4, 0.5) is 5.69 Å². The van der Waals surface area contributed by atoms with E-state index in [1.165, 1.54) is 5.30 Å². The van der Waals surface area contributed by atoms with E-state index in [1.54, 1.807) is 0 Å². The van der Waals surface area contributed by atoms with Gasteiger partial charge in [0.25, 0.3) is 0 Å². The zero-order valence-corrected chi connectivity index (χ0v) is 8.45. The summed E-state index contributed by atoms with van der Waals surface area (Å²) in [4.78, 5) is 0. The molecule has 0 saturated heterocycles. The van der Waals surface area contributed by atoms with Gasteiger partial charge in [-0.2, -0.15) is 0 Å². The summed E-state index contributed by atoms with van der Waals surface area (Å²) in [6.07, 6.45) is 0. The summed E-state index contributed by atoms with van der Waals surface area (Å²) in [5, 5.41) is 1.41. The largest absolute Gasteiger partial charge is 0.399 e. The highest BCUT2D eigenvalue weighted by Crippen LogP contribution is 2.23. The van der Waals surface area contributed by atoms with Crippen molar-refractivity contribution in [1.29, 1.82) is 0 Å². The third kappa shape index (κ3) is 3.09. The fourth-order valence-corrected chi connectivity index (χ4v) is 1.52. The van der Waals surface area contributed by atoms with Crippen molar-refractivity contribution in [3.8, 4) is 0 Å². The van der Waals surface area contributed by atoms with Gasteiger partial charge in [0.15, 0.2) is 0 Å². The molecule has 0 radical (unpaired) electrons. The predicted octanol–water partition coefficient (Wildman–Crippen LogP) is 2.06. The van der Waals surface area contributed by atoms with Crippen molar-refractivity contribution in [1.82, 2.24) is 0 Å². The Kier molecular flexibility index (Phi) is 4.48. The Balaban J connectivity index is 0.000001000. The molecule has 0 bridgehead atoms. The average Bonchev–Trinajstić information content (AvgIpc) is 1.88. The van der Waals surface area contributed by atoms with E-state index in [2.05, 4.69) is 25.5 Å². The lowest BCUT2D eigenvalue weighted by atomic mass is 10.3. The van der Waals surface area contributed by atoms with Gasteiger partial charge in [-0.25, -0.2) is 0 Å². The smallest absolute Gasteiger partial charge is 0.0314 e. The van der Waals surface area contributed by atoms with Crippen molar-refractivity contribution in [2.24, 2.45) is 0 Å². The van der Waals surface area contributed by atoms with E-state index in [4.69, 9.17) is 5.73 Å². The highest BCUT2D eigenvalue weighted by molar-refractivity contribution is 7.64. The van der Waals surface area contributed by atoms with Crippen molar-refractivity contribution in [2.75, 3.05) is 19.1 Å². The second-order valence-electron chi connectivity index (χ2n) is 2.49. The van der Waals surface area contributed by atoms with Gasteiger partial charge in [0, 0.05) is 5.69 Å². The maximum Gasteiger partial charge on any atom is 0.0314 e. The summed E-state index contributed by atoms with van der Waals surface area (Å²) in [7, 11) is 0.0365. The van der Waals surface area contributed by atoms with E-state index >= 15 is 0 Å². The Labute approximate surface area is 75.2 Å². The fraction of sp³-hybridized carbons (Fsp3) is 0.250. The first-order valence-corrected chi connectivity index (χ1v) is 5.46. The van der Waals surface area contributed by atoms with Crippen LogP contribution in [0.15, 0.2) is 24.3 Å². The van der Waals surface area contributed by atoms with Crippen LogP contribution in [0, 0.1) is 0 Å². The molecule has 1 nitrogen and oxygen atoms in total. The molecule has 1 rings (SSSR count). The first kappa shape index (κ1) is 10.7. The lowest BCUT2D eigenvalue weighted by Gasteiger charge is -2.04. The lowest BCUT2D eigenvalue weighted by molar-refractivity contribution is 1.73. The molecule has 0 aromatic heterocycles. The standard InChI is InChI=1S/C8H12NP.ClH/c1-10(2)8-5-3-7(9)4-6-8;/h3-6H,9H2,1-2H3;1H. The first-order chi connectivity index (χ1) is 4.70. The molecule has 0 aliphatic heterocycles. The minimum absolute atomic E-state index is 0. The number of hydrogen-bond acceptors (Lipinski definition) is 1. The van der Waals surface area contributed by atoms with Gasteiger partial charge in [0.2, 0.25) is 0 Å². The van der Waals surface area contributed by atoms with Crippen LogP contribution in [-0.2, 0) is 0 Å². The van der Waals surface area contributed by atoms with E-state index in [-0.39, 0.29) is 20.3 Å². The molecule has 3 heteroatoms. The topological polar surface area (TPSA) is 26.0 Å². The molecule has 0 fully saturated rings. The Hall–Kier alpha value is -0.260. The molecule has 0 spiro atoms. The van der Waals surface area contributed by atoms with E-state index < -0.39 is 0 Å². The van der Waals surface area contributed by atoms with Gasteiger partial charge in [-0.15, -0.1) is 12.4 Å². The third-order valence-electron chi connectivity index (χ3n) is 1.41. The lowest BCUT2D eigenvalue weighted by Crippen LogP contribution is -1.98. The number of hydrogen-bond donors (Lipinski definition) is 1. The van der Waals surface area contributed by atoms with E-state index in [0.29, 0.717) is 0 Å². The van der Waals surface area contributed by atoms with Crippen LogP contribution in [0.2, 0.25) is 0 Å². The number of halogens is 1. The Morgan fingerprint density at radius 3 is 1.91 bits per heavy atom. The third-order valence-corrected chi connectivity index (χ3v) is 2.74. The maximum absolute atomic E-state index is 5.53. The van der Waals surface area contributed by atoms with Gasteiger partial charge in [-0.1, -0.05) is 20.1 Å². The molecule has 1 aromatic carbocycles. The minimum atomic E-state index is 0. The molecule has 0 aliphatic rings. The quantitative estimate of drug-likeness (QED) is 0.531. The van der Waals surface area contributed by atoms with Crippen LogP contribution in [0.3, 0.4) is 0 Å². The first-order valence-electron chi connectivity index (χ1n) is 3.23. The van der Waals surface area contributed by atoms with Crippen molar-refractivity contribution >= 4 is 31.3 Å². The highest BCUT2D eigenvalue weighted by Gasteiger charge is 1.94. The number of anilines is 1. The summed E-state index contributed by atoms with van der Waals surface area (Å²) in [6, 6.07) is 8.11. The van der Waals surface area contributed by atoms with Crippen molar-refractivity contribution in [3.63, 3.8) is 0 Å². The maximum atomic E-state index is 5.53. The Morgan fingerprint density at radius 1 is 1.09 bits per heavy atom. The average molecular weight is 190 g/mol. The summed E-state index contributed by atoms with van der Waals surface area (Å²) in [5.74, 6) is 0. The van der Waals surface area contributed by atoms with Crippen molar-refractivity contribution < 1.29 is 0 Å². The normalized spacial score (nSPS) is 9.36. The number of nitrogens with two attached hydrogens (primary N) is 1. The SMILES string of the molecule is CP(C)c1ccc(N)cc1.Cl. The summed E-state index contributed by atoms with van der Waals surface area (Å²) < 4.78 is 0. The molecule has 1 aromatic rings. The number of benzene rings is 1.